The number of rotatable bonds is 2. The average Bonchev–Trinajstić information content (AvgIpc) is 2.77. The molecule has 1 heterocycles. The Hall–Kier alpha value is -1.50. The van der Waals surface area contributed by atoms with Crippen LogP contribution < -0.4 is 4.74 Å². The van der Waals surface area contributed by atoms with Crippen LogP contribution in [-0.2, 0) is 6.18 Å². The number of benzene rings is 1. The van der Waals surface area contributed by atoms with Gasteiger partial charge in [0.05, 0.1) is 11.6 Å². The predicted molar refractivity (Wildman–Crippen MR) is 61.2 cm³/mol. The maximum Gasteiger partial charge on any atom is 0.436 e. The molecule has 0 aliphatic heterocycles. The number of methoxy groups -OCH3 is 1. The van der Waals surface area contributed by atoms with E-state index < -0.39 is 11.9 Å². The van der Waals surface area contributed by atoms with Crippen molar-refractivity contribution in [1.29, 1.82) is 0 Å². The standard InChI is InChI=1S/C11H7BrF3NO2/c1-17-8-3-2-6(4-7(8)12)9-5-10(16-18-9)11(13,14)15/h2-5H,1H3. The minimum absolute atomic E-state index is 0.0469. The van der Waals surface area contributed by atoms with E-state index in [1.165, 1.54) is 7.11 Å². The van der Waals surface area contributed by atoms with Crippen molar-refractivity contribution in [3.63, 3.8) is 0 Å². The van der Waals surface area contributed by atoms with Crippen molar-refractivity contribution in [3.05, 3.63) is 34.4 Å². The van der Waals surface area contributed by atoms with Gasteiger partial charge < -0.3 is 9.26 Å². The Balaban J connectivity index is 2.38. The highest BCUT2D eigenvalue weighted by atomic mass is 79.9. The zero-order valence-electron chi connectivity index (χ0n) is 9.08. The van der Waals surface area contributed by atoms with Gasteiger partial charge in [0.1, 0.15) is 5.75 Å². The molecular weight excluding hydrogens is 315 g/mol. The average molecular weight is 322 g/mol. The summed E-state index contributed by atoms with van der Waals surface area (Å²) in [4.78, 5) is 0. The number of halogens is 4. The van der Waals surface area contributed by atoms with E-state index in [-0.39, 0.29) is 5.76 Å². The number of alkyl halides is 3. The first-order valence-electron chi connectivity index (χ1n) is 4.79. The van der Waals surface area contributed by atoms with Gasteiger partial charge in [-0.2, -0.15) is 13.2 Å². The number of aromatic nitrogens is 1. The van der Waals surface area contributed by atoms with Crippen molar-refractivity contribution in [3.8, 4) is 17.1 Å². The lowest BCUT2D eigenvalue weighted by Gasteiger charge is -2.03. The van der Waals surface area contributed by atoms with E-state index in [0.29, 0.717) is 15.8 Å². The third kappa shape index (κ3) is 2.50. The molecule has 0 amide bonds. The number of ether oxygens (including phenoxy) is 1. The van der Waals surface area contributed by atoms with Crippen LogP contribution >= 0.6 is 15.9 Å². The Labute approximate surface area is 109 Å². The second-order valence-corrected chi connectivity index (χ2v) is 4.28. The first-order valence-corrected chi connectivity index (χ1v) is 5.59. The third-order valence-electron chi connectivity index (χ3n) is 2.24. The van der Waals surface area contributed by atoms with Crippen molar-refractivity contribution in [2.45, 2.75) is 6.18 Å². The van der Waals surface area contributed by atoms with Crippen molar-refractivity contribution in [1.82, 2.24) is 5.16 Å². The maximum absolute atomic E-state index is 12.4. The summed E-state index contributed by atoms with van der Waals surface area (Å²) < 4.78 is 47.4. The molecule has 0 atom stereocenters. The van der Waals surface area contributed by atoms with Crippen LogP contribution in [0.1, 0.15) is 5.69 Å². The van der Waals surface area contributed by atoms with E-state index in [2.05, 4.69) is 25.6 Å². The molecule has 1 aromatic carbocycles. The highest BCUT2D eigenvalue weighted by Crippen LogP contribution is 2.34. The number of nitrogens with zero attached hydrogens (tertiary/aromatic N) is 1. The van der Waals surface area contributed by atoms with Crippen LogP contribution in [0.25, 0.3) is 11.3 Å². The fraction of sp³-hybridized carbons (Fsp3) is 0.182. The van der Waals surface area contributed by atoms with Gasteiger partial charge in [-0.05, 0) is 34.1 Å². The van der Waals surface area contributed by atoms with E-state index in [0.717, 1.165) is 6.07 Å². The summed E-state index contributed by atoms with van der Waals surface area (Å²) in [6, 6.07) is 5.66. The summed E-state index contributed by atoms with van der Waals surface area (Å²) in [5.74, 6) is 0.625. The molecule has 0 saturated heterocycles. The zero-order valence-corrected chi connectivity index (χ0v) is 10.7. The van der Waals surface area contributed by atoms with Gasteiger partial charge in [0.15, 0.2) is 11.5 Å². The Bertz CT molecular complexity index is 566. The third-order valence-corrected chi connectivity index (χ3v) is 2.86. The van der Waals surface area contributed by atoms with Gasteiger partial charge in [-0.25, -0.2) is 0 Å². The SMILES string of the molecule is COc1ccc(-c2cc(C(F)(F)F)no2)cc1Br. The highest BCUT2D eigenvalue weighted by Gasteiger charge is 2.35. The summed E-state index contributed by atoms with van der Waals surface area (Å²) in [5.41, 5.74) is -0.574. The number of hydrogen-bond acceptors (Lipinski definition) is 3. The molecule has 2 rings (SSSR count). The van der Waals surface area contributed by atoms with Crippen LogP contribution in [0.4, 0.5) is 13.2 Å². The van der Waals surface area contributed by atoms with Crippen LogP contribution in [0.3, 0.4) is 0 Å². The van der Waals surface area contributed by atoms with Crippen LogP contribution in [0.5, 0.6) is 5.75 Å². The lowest BCUT2D eigenvalue weighted by Crippen LogP contribution is -2.04. The normalized spacial score (nSPS) is 11.6. The molecule has 18 heavy (non-hydrogen) atoms. The molecule has 0 radical (unpaired) electrons. The molecule has 0 N–H and O–H groups in total. The quantitative estimate of drug-likeness (QED) is 0.834. The largest absolute Gasteiger partial charge is 0.496 e. The monoisotopic (exact) mass is 321 g/mol. The zero-order chi connectivity index (χ0) is 13.3. The van der Waals surface area contributed by atoms with Crippen LogP contribution in [0.2, 0.25) is 0 Å². The predicted octanol–water partition coefficient (Wildman–Crippen LogP) is 4.13. The van der Waals surface area contributed by atoms with Crippen molar-refractivity contribution >= 4 is 15.9 Å². The van der Waals surface area contributed by atoms with E-state index in [1.807, 2.05) is 0 Å². The van der Waals surface area contributed by atoms with Crippen LogP contribution in [0, 0.1) is 0 Å². The van der Waals surface area contributed by atoms with E-state index in [9.17, 15) is 13.2 Å². The minimum atomic E-state index is -4.51. The molecule has 0 bridgehead atoms. The smallest absolute Gasteiger partial charge is 0.436 e. The summed E-state index contributed by atoms with van der Waals surface area (Å²) in [5, 5.41) is 2.99. The van der Waals surface area contributed by atoms with Crippen molar-refractivity contribution in [2.75, 3.05) is 7.11 Å². The van der Waals surface area contributed by atoms with Crippen LogP contribution in [-0.4, -0.2) is 12.3 Å². The summed E-state index contributed by atoms with van der Waals surface area (Å²) in [6.07, 6.45) is -4.51. The highest BCUT2D eigenvalue weighted by molar-refractivity contribution is 9.10. The minimum Gasteiger partial charge on any atom is -0.496 e. The molecule has 7 heteroatoms. The Morgan fingerprint density at radius 1 is 1.28 bits per heavy atom. The fourth-order valence-electron chi connectivity index (χ4n) is 1.36. The van der Waals surface area contributed by atoms with E-state index in [4.69, 9.17) is 4.74 Å². The second kappa shape index (κ2) is 4.64. The number of hydrogen-bond donors (Lipinski definition) is 0. The molecule has 1 aromatic heterocycles. The summed E-state index contributed by atoms with van der Waals surface area (Å²) >= 11 is 3.24. The fourth-order valence-corrected chi connectivity index (χ4v) is 1.91. The van der Waals surface area contributed by atoms with Crippen LogP contribution in [0.15, 0.2) is 33.3 Å². The first-order chi connectivity index (χ1) is 8.41. The maximum atomic E-state index is 12.4. The molecule has 0 unspecified atom stereocenters. The Morgan fingerprint density at radius 2 is 2.00 bits per heavy atom. The Kier molecular flexibility index (Phi) is 3.34. The van der Waals surface area contributed by atoms with E-state index >= 15 is 0 Å². The van der Waals surface area contributed by atoms with Gasteiger partial charge in [-0.3, -0.25) is 0 Å². The van der Waals surface area contributed by atoms with Gasteiger partial charge in [-0.1, -0.05) is 5.16 Å². The van der Waals surface area contributed by atoms with Gasteiger partial charge >= 0.3 is 6.18 Å². The van der Waals surface area contributed by atoms with Gasteiger partial charge in [0.2, 0.25) is 0 Å². The van der Waals surface area contributed by atoms with Crippen molar-refractivity contribution < 1.29 is 22.4 Å². The first kappa shape index (κ1) is 12.9. The second-order valence-electron chi connectivity index (χ2n) is 3.42. The van der Waals surface area contributed by atoms with Gasteiger partial charge in [-0.15, -0.1) is 0 Å². The van der Waals surface area contributed by atoms with E-state index in [1.54, 1.807) is 18.2 Å². The molecule has 0 fully saturated rings. The lowest BCUT2D eigenvalue weighted by atomic mass is 10.1. The molecule has 0 aliphatic carbocycles. The molecule has 96 valence electrons. The molecular formula is C11H7BrF3NO2. The molecule has 0 aliphatic rings. The Morgan fingerprint density at radius 3 is 2.50 bits per heavy atom. The summed E-state index contributed by atoms with van der Waals surface area (Å²) in [7, 11) is 1.50. The topological polar surface area (TPSA) is 35.3 Å². The molecule has 0 spiro atoms. The lowest BCUT2D eigenvalue weighted by molar-refractivity contribution is -0.142. The van der Waals surface area contributed by atoms with Crippen molar-refractivity contribution in [2.24, 2.45) is 0 Å². The molecule has 0 saturated carbocycles. The van der Waals surface area contributed by atoms with Gasteiger partial charge in [0.25, 0.3) is 0 Å². The molecule has 2 aromatic rings. The van der Waals surface area contributed by atoms with Gasteiger partial charge in [0, 0.05) is 11.6 Å². The molecule has 3 nitrogen and oxygen atoms in total. The summed E-state index contributed by atoms with van der Waals surface area (Å²) in [6.45, 7) is 0.